The van der Waals surface area contributed by atoms with Crippen LogP contribution in [0.15, 0.2) is 24.4 Å². The van der Waals surface area contributed by atoms with E-state index in [1.54, 1.807) is 0 Å². The van der Waals surface area contributed by atoms with Gasteiger partial charge in [-0.2, -0.15) is 0 Å². The molecule has 0 spiro atoms. The number of rotatable bonds is 3. The molecule has 0 amide bonds. The molecule has 2 aromatic rings. The summed E-state index contributed by atoms with van der Waals surface area (Å²) in [6, 6.07) is 6.86. The zero-order chi connectivity index (χ0) is 15.0. The molecule has 3 unspecified atom stereocenters. The first kappa shape index (κ1) is 14.4. The molecule has 1 aliphatic heterocycles. The number of pyridine rings is 1. The molecule has 2 N–H and O–H groups in total. The average Bonchev–Trinajstić information content (AvgIpc) is 2.80. The van der Waals surface area contributed by atoms with Crippen molar-refractivity contribution in [3.8, 4) is 0 Å². The van der Waals surface area contributed by atoms with E-state index in [-0.39, 0.29) is 6.04 Å². The van der Waals surface area contributed by atoms with Crippen molar-refractivity contribution in [3.05, 3.63) is 30.1 Å². The molecular weight excluding hydrogens is 260 g/mol. The molecule has 0 aliphatic carbocycles. The first-order valence-electron chi connectivity index (χ1n) is 8.06. The Morgan fingerprint density at radius 2 is 2.19 bits per heavy atom. The number of nitrogens with zero attached hydrogens (tertiary/aromatic N) is 3. The third-order valence-electron chi connectivity index (χ3n) is 4.77. The van der Waals surface area contributed by atoms with Crippen LogP contribution in [0.25, 0.3) is 5.65 Å². The van der Waals surface area contributed by atoms with Crippen LogP contribution in [0.1, 0.15) is 39.3 Å². The van der Waals surface area contributed by atoms with Crippen LogP contribution >= 0.6 is 0 Å². The summed E-state index contributed by atoms with van der Waals surface area (Å²) in [6.07, 6.45) is 5.52. The van der Waals surface area contributed by atoms with Crippen LogP contribution in [0, 0.1) is 5.92 Å². The molecule has 3 heterocycles. The molecule has 0 aromatic carbocycles. The van der Waals surface area contributed by atoms with Crippen LogP contribution in [-0.2, 0) is 6.42 Å². The van der Waals surface area contributed by atoms with Gasteiger partial charge in [0.15, 0.2) is 5.82 Å². The van der Waals surface area contributed by atoms with E-state index in [0.717, 1.165) is 24.4 Å². The van der Waals surface area contributed by atoms with Gasteiger partial charge in [0, 0.05) is 31.2 Å². The third-order valence-corrected chi connectivity index (χ3v) is 4.77. The fourth-order valence-electron chi connectivity index (χ4n) is 3.39. The molecule has 3 rings (SSSR count). The zero-order valence-corrected chi connectivity index (χ0v) is 13.3. The standard InChI is InChI=1S/C17H26N4/c1-12-7-6-10-20(14(12)3)17-15(11-13(2)18)21-9-5-4-8-16(21)19-17/h4-5,8-9,12-14H,6-7,10-11,18H2,1-3H3. The van der Waals surface area contributed by atoms with Crippen molar-refractivity contribution >= 4 is 11.5 Å². The van der Waals surface area contributed by atoms with Gasteiger partial charge in [0.05, 0.1) is 5.69 Å². The highest BCUT2D eigenvalue weighted by Crippen LogP contribution is 2.31. The molecule has 1 saturated heterocycles. The van der Waals surface area contributed by atoms with Crippen LogP contribution in [0.2, 0.25) is 0 Å². The van der Waals surface area contributed by atoms with Gasteiger partial charge < -0.3 is 15.0 Å². The molecule has 21 heavy (non-hydrogen) atoms. The van der Waals surface area contributed by atoms with Gasteiger partial charge in [-0.15, -0.1) is 0 Å². The second-order valence-corrected chi connectivity index (χ2v) is 6.55. The molecule has 114 valence electrons. The molecule has 2 aromatic heterocycles. The molecular formula is C17H26N4. The van der Waals surface area contributed by atoms with Crippen LogP contribution in [-0.4, -0.2) is 28.0 Å². The summed E-state index contributed by atoms with van der Waals surface area (Å²) in [5.41, 5.74) is 8.35. The van der Waals surface area contributed by atoms with E-state index in [4.69, 9.17) is 10.7 Å². The topological polar surface area (TPSA) is 46.6 Å². The van der Waals surface area contributed by atoms with Gasteiger partial charge in [-0.1, -0.05) is 13.0 Å². The predicted molar refractivity (Wildman–Crippen MR) is 87.8 cm³/mol. The predicted octanol–water partition coefficient (Wildman–Crippen LogP) is 2.85. The Morgan fingerprint density at radius 1 is 1.38 bits per heavy atom. The van der Waals surface area contributed by atoms with Crippen molar-refractivity contribution in [2.24, 2.45) is 11.7 Å². The van der Waals surface area contributed by atoms with Crippen molar-refractivity contribution in [1.29, 1.82) is 0 Å². The minimum Gasteiger partial charge on any atom is -0.352 e. The fourth-order valence-corrected chi connectivity index (χ4v) is 3.39. The SMILES string of the molecule is CC(N)Cc1c(N2CCCC(C)C2C)nc2ccccn12. The van der Waals surface area contributed by atoms with Crippen molar-refractivity contribution in [1.82, 2.24) is 9.38 Å². The Balaban J connectivity index is 2.08. The maximum absolute atomic E-state index is 6.08. The Kier molecular flexibility index (Phi) is 3.89. The monoisotopic (exact) mass is 286 g/mol. The second kappa shape index (κ2) is 5.68. The summed E-state index contributed by atoms with van der Waals surface area (Å²) in [4.78, 5) is 7.39. The molecule has 1 aliphatic rings. The number of hydrogen-bond donors (Lipinski definition) is 1. The summed E-state index contributed by atoms with van der Waals surface area (Å²) >= 11 is 0. The van der Waals surface area contributed by atoms with E-state index in [2.05, 4.69) is 48.4 Å². The molecule has 1 fully saturated rings. The van der Waals surface area contributed by atoms with E-state index >= 15 is 0 Å². The first-order chi connectivity index (χ1) is 10.1. The lowest BCUT2D eigenvalue weighted by Gasteiger charge is -2.38. The van der Waals surface area contributed by atoms with Gasteiger partial charge in [-0.25, -0.2) is 4.98 Å². The zero-order valence-electron chi connectivity index (χ0n) is 13.3. The van der Waals surface area contributed by atoms with E-state index in [1.165, 1.54) is 18.5 Å². The molecule has 0 radical (unpaired) electrons. The Morgan fingerprint density at radius 3 is 2.95 bits per heavy atom. The first-order valence-corrected chi connectivity index (χ1v) is 8.06. The lowest BCUT2D eigenvalue weighted by atomic mass is 9.92. The van der Waals surface area contributed by atoms with Crippen LogP contribution < -0.4 is 10.6 Å². The van der Waals surface area contributed by atoms with Crippen molar-refractivity contribution < 1.29 is 0 Å². The molecule has 4 heteroatoms. The molecule has 0 bridgehead atoms. The lowest BCUT2D eigenvalue weighted by Crippen LogP contribution is -2.43. The Hall–Kier alpha value is -1.55. The summed E-state index contributed by atoms with van der Waals surface area (Å²) < 4.78 is 2.20. The number of fused-ring (bicyclic) bond motifs is 1. The number of piperidine rings is 1. The lowest BCUT2D eigenvalue weighted by molar-refractivity contribution is 0.361. The highest BCUT2D eigenvalue weighted by atomic mass is 15.3. The van der Waals surface area contributed by atoms with Crippen molar-refractivity contribution in [2.45, 2.75) is 52.1 Å². The second-order valence-electron chi connectivity index (χ2n) is 6.55. The minimum atomic E-state index is 0.140. The van der Waals surface area contributed by atoms with Crippen LogP contribution in [0.4, 0.5) is 5.82 Å². The Labute approximate surface area is 127 Å². The number of aromatic nitrogens is 2. The number of anilines is 1. The van der Waals surface area contributed by atoms with Gasteiger partial charge in [-0.05, 0) is 44.7 Å². The summed E-state index contributed by atoms with van der Waals surface area (Å²) in [5, 5.41) is 0. The van der Waals surface area contributed by atoms with Crippen LogP contribution in [0.3, 0.4) is 0 Å². The molecule has 0 saturated carbocycles. The maximum atomic E-state index is 6.08. The van der Waals surface area contributed by atoms with Gasteiger partial charge in [0.2, 0.25) is 0 Å². The normalized spacial score (nSPS) is 24.5. The van der Waals surface area contributed by atoms with Crippen molar-refractivity contribution in [2.75, 3.05) is 11.4 Å². The Bertz CT molecular complexity index is 616. The van der Waals surface area contributed by atoms with Crippen LogP contribution in [0.5, 0.6) is 0 Å². The van der Waals surface area contributed by atoms with E-state index in [1.807, 2.05) is 6.07 Å². The van der Waals surface area contributed by atoms with Gasteiger partial charge in [0.1, 0.15) is 5.65 Å². The quantitative estimate of drug-likeness (QED) is 0.943. The largest absolute Gasteiger partial charge is 0.352 e. The third kappa shape index (κ3) is 2.64. The van der Waals surface area contributed by atoms with Gasteiger partial charge in [-0.3, -0.25) is 0 Å². The summed E-state index contributed by atoms with van der Waals surface area (Å²) in [5.74, 6) is 1.85. The van der Waals surface area contributed by atoms with E-state index < -0.39 is 0 Å². The average molecular weight is 286 g/mol. The minimum absolute atomic E-state index is 0.140. The van der Waals surface area contributed by atoms with E-state index in [0.29, 0.717) is 12.0 Å². The van der Waals surface area contributed by atoms with Gasteiger partial charge >= 0.3 is 0 Å². The van der Waals surface area contributed by atoms with E-state index in [9.17, 15) is 0 Å². The summed E-state index contributed by atoms with van der Waals surface area (Å²) in [6.45, 7) is 7.83. The number of nitrogens with two attached hydrogens (primary N) is 1. The van der Waals surface area contributed by atoms with Gasteiger partial charge in [0.25, 0.3) is 0 Å². The highest BCUT2D eigenvalue weighted by Gasteiger charge is 2.29. The summed E-state index contributed by atoms with van der Waals surface area (Å²) in [7, 11) is 0. The highest BCUT2D eigenvalue weighted by molar-refractivity contribution is 5.57. The number of imidazole rings is 1. The number of hydrogen-bond acceptors (Lipinski definition) is 3. The molecule has 3 atom stereocenters. The molecule has 4 nitrogen and oxygen atoms in total. The maximum Gasteiger partial charge on any atom is 0.151 e. The van der Waals surface area contributed by atoms with Crippen molar-refractivity contribution in [3.63, 3.8) is 0 Å². The fraction of sp³-hybridized carbons (Fsp3) is 0.588. The smallest absolute Gasteiger partial charge is 0.151 e.